The summed E-state index contributed by atoms with van der Waals surface area (Å²) < 4.78 is 5.27. The number of hydrogen-bond donors (Lipinski definition) is 2. The number of ether oxygens (including phenoxy) is 1. The highest BCUT2D eigenvalue weighted by atomic mass is 35.5. The molecule has 7 heteroatoms. The van der Waals surface area contributed by atoms with Crippen molar-refractivity contribution in [2.24, 2.45) is 0 Å². The van der Waals surface area contributed by atoms with Crippen LogP contribution in [-0.2, 0) is 9.59 Å². The summed E-state index contributed by atoms with van der Waals surface area (Å²) in [6.45, 7) is 3.22. The van der Waals surface area contributed by atoms with E-state index < -0.39 is 0 Å². The molecule has 132 valence electrons. The van der Waals surface area contributed by atoms with Gasteiger partial charge in [0.15, 0.2) is 0 Å². The van der Waals surface area contributed by atoms with E-state index >= 15 is 0 Å². The molecule has 0 aliphatic heterocycles. The topological polar surface area (TPSA) is 67.4 Å². The number of anilines is 2. The minimum atomic E-state index is -0.367. The van der Waals surface area contributed by atoms with E-state index in [9.17, 15) is 9.59 Å². The maximum Gasteiger partial charge on any atom is 0.237 e. The molecule has 0 aromatic heterocycles. The highest BCUT2D eigenvalue weighted by molar-refractivity contribution is 8.00. The maximum atomic E-state index is 12.5. The highest BCUT2D eigenvalue weighted by Gasteiger charge is 2.18. The number of carbonyl (C=O) groups excluding carboxylic acids is 2. The standard InChI is InChI=1S/C18H19ClN2O3S/c1-11(25-17-7-5-4-6-14(17)19)18(23)21-15-10-13(20-12(2)22)8-9-16(15)24-3/h4-11H,1-3H3,(H,20,22)(H,21,23). The summed E-state index contributed by atoms with van der Waals surface area (Å²) in [5, 5.41) is 5.76. The Morgan fingerprint density at radius 2 is 1.88 bits per heavy atom. The van der Waals surface area contributed by atoms with Crippen molar-refractivity contribution in [1.29, 1.82) is 0 Å². The van der Waals surface area contributed by atoms with Gasteiger partial charge in [-0.1, -0.05) is 23.7 Å². The molecule has 0 radical (unpaired) electrons. The molecule has 0 fully saturated rings. The van der Waals surface area contributed by atoms with Gasteiger partial charge in [0.2, 0.25) is 11.8 Å². The molecule has 1 unspecified atom stereocenters. The Morgan fingerprint density at radius 3 is 2.52 bits per heavy atom. The van der Waals surface area contributed by atoms with Crippen molar-refractivity contribution in [3.8, 4) is 5.75 Å². The zero-order chi connectivity index (χ0) is 18.4. The van der Waals surface area contributed by atoms with Gasteiger partial charge in [0, 0.05) is 17.5 Å². The van der Waals surface area contributed by atoms with Crippen LogP contribution in [0.5, 0.6) is 5.75 Å². The summed E-state index contributed by atoms with van der Waals surface area (Å²) in [5.41, 5.74) is 1.07. The van der Waals surface area contributed by atoms with Gasteiger partial charge in [0.1, 0.15) is 5.75 Å². The number of halogens is 1. The van der Waals surface area contributed by atoms with Gasteiger partial charge in [-0.3, -0.25) is 9.59 Å². The first-order valence-corrected chi connectivity index (χ1v) is 8.84. The number of amides is 2. The van der Waals surface area contributed by atoms with Crippen molar-refractivity contribution in [3.05, 3.63) is 47.5 Å². The number of carbonyl (C=O) groups is 2. The Kier molecular flexibility index (Phi) is 6.73. The molecule has 0 aliphatic rings. The molecule has 2 N–H and O–H groups in total. The molecule has 0 aliphatic carbocycles. The lowest BCUT2D eigenvalue weighted by molar-refractivity contribution is -0.115. The molecular formula is C18H19ClN2O3S. The smallest absolute Gasteiger partial charge is 0.237 e. The van der Waals surface area contributed by atoms with E-state index in [0.717, 1.165) is 4.90 Å². The highest BCUT2D eigenvalue weighted by Crippen LogP contribution is 2.32. The van der Waals surface area contributed by atoms with Crippen molar-refractivity contribution < 1.29 is 14.3 Å². The van der Waals surface area contributed by atoms with E-state index in [1.54, 1.807) is 31.2 Å². The van der Waals surface area contributed by atoms with E-state index in [0.29, 0.717) is 22.1 Å². The van der Waals surface area contributed by atoms with Crippen LogP contribution in [0.3, 0.4) is 0 Å². The molecule has 2 aromatic rings. The molecule has 2 amide bonds. The predicted octanol–water partition coefficient (Wildman–Crippen LogP) is 4.43. The molecule has 0 bridgehead atoms. The minimum absolute atomic E-state index is 0.190. The van der Waals surface area contributed by atoms with Crippen molar-refractivity contribution in [3.63, 3.8) is 0 Å². The number of thioether (sulfide) groups is 1. The van der Waals surface area contributed by atoms with Crippen LogP contribution >= 0.6 is 23.4 Å². The Bertz CT molecular complexity index is 783. The van der Waals surface area contributed by atoms with Gasteiger partial charge in [-0.05, 0) is 37.3 Å². The molecule has 0 spiro atoms. The molecule has 0 saturated heterocycles. The maximum absolute atomic E-state index is 12.5. The van der Waals surface area contributed by atoms with Gasteiger partial charge in [-0.15, -0.1) is 11.8 Å². The quantitative estimate of drug-likeness (QED) is 0.730. The molecule has 2 aromatic carbocycles. The average Bonchev–Trinajstić information content (AvgIpc) is 2.56. The fourth-order valence-electron chi connectivity index (χ4n) is 2.11. The zero-order valence-electron chi connectivity index (χ0n) is 14.1. The van der Waals surface area contributed by atoms with Gasteiger partial charge in [-0.25, -0.2) is 0 Å². The average molecular weight is 379 g/mol. The molecule has 1 atom stereocenters. The fourth-order valence-corrected chi connectivity index (χ4v) is 3.26. The third kappa shape index (κ3) is 5.41. The number of hydrogen-bond acceptors (Lipinski definition) is 4. The van der Waals surface area contributed by atoms with Gasteiger partial charge in [0.05, 0.1) is 23.1 Å². The number of methoxy groups -OCH3 is 1. The van der Waals surface area contributed by atoms with Crippen molar-refractivity contribution in [2.75, 3.05) is 17.7 Å². The Hall–Kier alpha value is -2.18. The zero-order valence-corrected chi connectivity index (χ0v) is 15.7. The van der Waals surface area contributed by atoms with E-state index in [1.807, 2.05) is 18.2 Å². The summed E-state index contributed by atoms with van der Waals surface area (Å²) >= 11 is 7.51. The van der Waals surface area contributed by atoms with Crippen LogP contribution < -0.4 is 15.4 Å². The summed E-state index contributed by atoms with van der Waals surface area (Å²) in [6, 6.07) is 12.4. The van der Waals surface area contributed by atoms with Crippen molar-refractivity contribution in [2.45, 2.75) is 24.0 Å². The number of nitrogens with one attached hydrogen (secondary N) is 2. The van der Waals surface area contributed by atoms with Gasteiger partial charge >= 0.3 is 0 Å². The molecule has 0 heterocycles. The van der Waals surface area contributed by atoms with Crippen LogP contribution in [0.1, 0.15) is 13.8 Å². The summed E-state index contributed by atoms with van der Waals surface area (Å²) in [7, 11) is 1.52. The molecule has 5 nitrogen and oxygen atoms in total. The van der Waals surface area contributed by atoms with E-state index in [-0.39, 0.29) is 17.1 Å². The predicted molar refractivity (Wildman–Crippen MR) is 103 cm³/mol. The second kappa shape index (κ2) is 8.78. The van der Waals surface area contributed by atoms with Crippen LogP contribution in [0.15, 0.2) is 47.4 Å². The monoisotopic (exact) mass is 378 g/mol. The first-order chi connectivity index (χ1) is 11.9. The van der Waals surface area contributed by atoms with Gasteiger partial charge in [0.25, 0.3) is 0 Å². The minimum Gasteiger partial charge on any atom is -0.495 e. The number of rotatable bonds is 6. The molecule has 0 saturated carbocycles. The van der Waals surface area contributed by atoms with Crippen LogP contribution in [0.25, 0.3) is 0 Å². The summed E-state index contributed by atoms with van der Waals surface area (Å²) in [4.78, 5) is 24.5. The van der Waals surface area contributed by atoms with Crippen molar-refractivity contribution >= 4 is 46.6 Å². The lowest BCUT2D eigenvalue weighted by atomic mass is 10.2. The molecular weight excluding hydrogens is 360 g/mol. The summed E-state index contributed by atoms with van der Waals surface area (Å²) in [6.07, 6.45) is 0. The normalized spacial score (nSPS) is 11.5. The Morgan fingerprint density at radius 1 is 1.16 bits per heavy atom. The first kappa shape index (κ1) is 19.1. The summed E-state index contributed by atoms with van der Waals surface area (Å²) in [5.74, 6) is 0.130. The lowest BCUT2D eigenvalue weighted by Gasteiger charge is -2.16. The second-order valence-electron chi connectivity index (χ2n) is 5.28. The SMILES string of the molecule is COc1ccc(NC(C)=O)cc1NC(=O)C(C)Sc1ccccc1Cl. The third-order valence-electron chi connectivity index (χ3n) is 3.29. The van der Waals surface area contributed by atoms with Crippen LogP contribution in [0.4, 0.5) is 11.4 Å². The third-order valence-corrected chi connectivity index (χ3v) is 4.91. The van der Waals surface area contributed by atoms with Crippen LogP contribution in [0, 0.1) is 0 Å². The first-order valence-electron chi connectivity index (χ1n) is 7.58. The molecule has 2 rings (SSSR count). The van der Waals surface area contributed by atoms with Crippen LogP contribution in [-0.4, -0.2) is 24.2 Å². The van der Waals surface area contributed by atoms with E-state index in [1.165, 1.54) is 25.8 Å². The number of benzene rings is 2. The van der Waals surface area contributed by atoms with E-state index in [4.69, 9.17) is 16.3 Å². The van der Waals surface area contributed by atoms with Gasteiger partial charge < -0.3 is 15.4 Å². The van der Waals surface area contributed by atoms with E-state index in [2.05, 4.69) is 10.6 Å². The Labute approximate surface area is 156 Å². The van der Waals surface area contributed by atoms with Gasteiger partial charge in [-0.2, -0.15) is 0 Å². The second-order valence-corrected chi connectivity index (χ2v) is 7.07. The molecule has 25 heavy (non-hydrogen) atoms. The lowest BCUT2D eigenvalue weighted by Crippen LogP contribution is -2.22. The van der Waals surface area contributed by atoms with Crippen LogP contribution in [0.2, 0.25) is 5.02 Å². The van der Waals surface area contributed by atoms with Crippen molar-refractivity contribution in [1.82, 2.24) is 0 Å². The fraction of sp³-hybridized carbons (Fsp3) is 0.222. The Balaban J connectivity index is 2.13. The largest absolute Gasteiger partial charge is 0.495 e.